The smallest absolute Gasteiger partial charge is 0.184 e. The first-order chi connectivity index (χ1) is 10.8. The van der Waals surface area contributed by atoms with E-state index in [1.807, 2.05) is 18.2 Å². The number of fused-ring (bicyclic) bond motifs is 1. The Balaban J connectivity index is 1.67. The number of nitrogens with zero attached hydrogens (tertiary/aromatic N) is 5. The summed E-state index contributed by atoms with van der Waals surface area (Å²) in [6.07, 6.45) is 5.28. The van der Waals surface area contributed by atoms with E-state index in [1.165, 1.54) is 0 Å². The van der Waals surface area contributed by atoms with Gasteiger partial charge in [-0.25, -0.2) is 9.31 Å². The van der Waals surface area contributed by atoms with Gasteiger partial charge in [0, 0.05) is 6.42 Å². The quantitative estimate of drug-likeness (QED) is 0.492. The van der Waals surface area contributed by atoms with Gasteiger partial charge in [0.05, 0.1) is 12.7 Å². The molecule has 0 atom stereocenters. The van der Waals surface area contributed by atoms with Crippen LogP contribution in [0.1, 0.15) is 48.7 Å². The van der Waals surface area contributed by atoms with E-state index in [1.54, 1.807) is 10.9 Å². The average Bonchev–Trinajstić information content (AvgIpc) is 3.16. The topological polar surface area (TPSA) is 86.7 Å². The second kappa shape index (κ2) is 6.46. The van der Waals surface area contributed by atoms with Crippen LogP contribution >= 0.6 is 0 Å². The van der Waals surface area contributed by atoms with Crippen LogP contribution in [0.25, 0.3) is 11.0 Å². The van der Waals surface area contributed by atoms with E-state index in [4.69, 9.17) is 0 Å². The largest absolute Gasteiger partial charge is 0.292 e. The van der Waals surface area contributed by atoms with Gasteiger partial charge in [-0.15, -0.1) is 5.10 Å². The molecule has 3 rings (SSSR count). The molecule has 114 valence electrons. The van der Waals surface area contributed by atoms with E-state index in [-0.39, 0.29) is 5.78 Å². The molecule has 1 aromatic carbocycles. The van der Waals surface area contributed by atoms with Gasteiger partial charge in [0.15, 0.2) is 5.78 Å². The van der Waals surface area contributed by atoms with Crippen LogP contribution in [0.4, 0.5) is 0 Å². The Bertz CT molecular complexity index is 777. The second-order valence-electron chi connectivity index (χ2n) is 5.27. The summed E-state index contributed by atoms with van der Waals surface area (Å²) in [5.74, 6) is 0.0517. The zero-order chi connectivity index (χ0) is 15.4. The number of aromatic nitrogens is 5. The number of carbonyl (C=O) groups is 1. The first kappa shape index (κ1) is 14.4. The van der Waals surface area contributed by atoms with E-state index in [0.717, 1.165) is 24.8 Å². The van der Waals surface area contributed by atoms with Gasteiger partial charge in [-0.3, -0.25) is 4.79 Å². The maximum absolute atomic E-state index is 12.0. The van der Waals surface area contributed by atoms with E-state index < -0.39 is 0 Å². The maximum atomic E-state index is 12.0. The van der Waals surface area contributed by atoms with Gasteiger partial charge in [-0.1, -0.05) is 31.0 Å². The number of rotatable bonds is 7. The van der Waals surface area contributed by atoms with Gasteiger partial charge >= 0.3 is 0 Å². The van der Waals surface area contributed by atoms with Crippen molar-refractivity contribution in [3.63, 3.8) is 0 Å². The van der Waals surface area contributed by atoms with Crippen LogP contribution in [0.2, 0.25) is 0 Å². The predicted molar refractivity (Wildman–Crippen MR) is 79.4 cm³/mol. The highest BCUT2D eigenvalue weighted by atomic mass is 16.6. The molecule has 3 aromatic rings. The fraction of sp³-hybridized carbons (Fsp3) is 0.400. The van der Waals surface area contributed by atoms with Crippen LogP contribution < -0.4 is 0 Å². The molecule has 22 heavy (non-hydrogen) atoms. The number of hydrogen-bond acceptors (Lipinski definition) is 6. The van der Waals surface area contributed by atoms with Gasteiger partial charge in [-0.2, -0.15) is 0 Å². The lowest BCUT2D eigenvalue weighted by Crippen LogP contribution is -2.01. The lowest BCUT2D eigenvalue weighted by Gasteiger charge is -1.99. The number of ketones is 1. The Kier molecular flexibility index (Phi) is 4.22. The highest BCUT2D eigenvalue weighted by Crippen LogP contribution is 2.13. The molecular formula is C15H17N5O2. The first-order valence-corrected chi connectivity index (χ1v) is 7.41. The number of hydrogen-bond donors (Lipinski definition) is 0. The average molecular weight is 299 g/mol. The number of unbranched alkanes of at least 4 members (excludes halogenated alkanes) is 2. The standard InChI is InChI=1S/C15H17N5O2/c1-2-3-4-5-15(21)14-10-20(19-16-14)9-11-6-7-12-13(8-11)18-22-17-12/h6-8,10H,2-5,9H2,1H3. The van der Waals surface area contributed by atoms with Crippen molar-refractivity contribution in [3.05, 3.63) is 35.7 Å². The van der Waals surface area contributed by atoms with Crippen LogP contribution in [0.15, 0.2) is 29.0 Å². The molecule has 2 heterocycles. The van der Waals surface area contributed by atoms with Crippen LogP contribution in [0.3, 0.4) is 0 Å². The molecule has 0 saturated heterocycles. The molecule has 0 unspecified atom stereocenters. The molecule has 0 radical (unpaired) electrons. The van der Waals surface area contributed by atoms with Gasteiger partial charge < -0.3 is 0 Å². The molecule has 0 N–H and O–H groups in total. The van der Waals surface area contributed by atoms with Crippen molar-refractivity contribution in [2.24, 2.45) is 0 Å². The number of Topliss-reactive ketones (excluding diaryl/α,β-unsaturated/α-hetero) is 1. The summed E-state index contributed by atoms with van der Waals surface area (Å²) in [4.78, 5) is 12.0. The third kappa shape index (κ3) is 3.19. The first-order valence-electron chi connectivity index (χ1n) is 7.41. The van der Waals surface area contributed by atoms with Crippen LogP contribution in [-0.4, -0.2) is 31.1 Å². The predicted octanol–water partition coefficient (Wildman–Crippen LogP) is 2.63. The van der Waals surface area contributed by atoms with E-state index >= 15 is 0 Å². The molecule has 0 aliphatic rings. The minimum absolute atomic E-state index is 0.0517. The molecule has 0 aliphatic heterocycles. The number of benzene rings is 1. The minimum Gasteiger partial charge on any atom is -0.292 e. The summed E-state index contributed by atoms with van der Waals surface area (Å²) in [7, 11) is 0. The summed E-state index contributed by atoms with van der Waals surface area (Å²) < 4.78 is 6.33. The molecule has 0 fully saturated rings. The van der Waals surface area contributed by atoms with Crippen molar-refractivity contribution >= 4 is 16.8 Å². The Morgan fingerprint density at radius 2 is 2.09 bits per heavy atom. The zero-order valence-electron chi connectivity index (χ0n) is 12.4. The Morgan fingerprint density at radius 1 is 1.23 bits per heavy atom. The van der Waals surface area contributed by atoms with Crippen molar-refractivity contribution in [1.29, 1.82) is 0 Å². The van der Waals surface area contributed by atoms with Gasteiger partial charge in [-0.05, 0) is 34.4 Å². The molecule has 0 bridgehead atoms. The molecule has 7 heteroatoms. The highest BCUT2D eigenvalue weighted by Gasteiger charge is 2.11. The van der Waals surface area contributed by atoms with Crippen LogP contribution in [-0.2, 0) is 6.54 Å². The second-order valence-corrected chi connectivity index (χ2v) is 5.27. The summed E-state index contributed by atoms with van der Waals surface area (Å²) in [6.45, 7) is 2.64. The Hall–Kier alpha value is -2.57. The van der Waals surface area contributed by atoms with E-state index in [0.29, 0.717) is 29.7 Å². The van der Waals surface area contributed by atoms with Gasteiger partial charge in [0.25, 0.3) is 0 Å². The lowest BCUT2D eigenvalue weighted by atomic mass is 10.1. The molecule has 0 amide bonds. The van der Waals surface area contributed by atoms with Crippen molar-refractivity contribution in [2.75, 3.05) is 0 Å². The zero-order valence-corrected chi connectivity index (χ0v) is 12.4. The monoisotopic (exact) mass is 299 g/mol. The van der Waals surface area contributed by atoms with Crippen molar-refractivity contribution in [2.45, 2.75) is 39.2 Å². The number of carbonyl (C=O) groups excluding carboxylic acids is 1. The Labute approximate surface area is 127 Å². The van der Waals surface area contributed by atoms with E-state index in [9.17, 15) is 4.79 Å². The SMILES string of the molecule is CCCCCC(=O)c1cn(Cc2ccc3nonc3c2)nn1. The minimum atomic E-state index is 0.0517. The summed E-state index contributed by atoms with van der Waals surface area (Å²) in [5, 5.41) is 15.5. The van der Waals surface area contributed by atoms with Gasteiger partial charge in [0.1, 0.15) is 16.7 Å². The molecule has 0 aliphatic carbocycles. The van der Waals surface area contributed by atoms with Crippen molar-refractivity contribution < 1.29 is 9.42 Å². The third-order valence-corrected chi connectivity index (χ3v) is 3.49. The molecular weight excluding hydrogens is 282 g/mol. The Morgan fingerprint density at radius 3 is 2.95 bits per heavy atom. The molecule has 0 spiro atoms. The fourth-order valence-electron chi connectivity index (χ4n) is 2.28. The van der Waals surface area contributed by atoms with Crippen molar-refractivity contribution in [1.82, 2.24) is 25.3 Å². The van der Waals surface area contributed by atoms with E-state index in [2.05, 4.69) is 32.2 Å². The van der Waals surface area contributed by atoms with Crippen LogP contribution in [0, 0.1) is 0 Å². The van der Waals surface area contributed by atoms with Crippen LogP contribution in [0.5, 0.6) is 0 Å². The molecule has 2 aromatic heterocycles. The lowest BCUT2D eigenvalue weighted by molar-refractivity contribution is 0.0974. The summed E-state index contributed by atoms with van der Waals surface area (Å²) >= 11 is 0. The molecule has 7 nitrogen and oxygen atoms in total. The third-order valence-electron chi connectivity index (χ3n) is 3.49. The fourth-order valence-corrected chi connectivity index (χ4v) is 2.28. The maximum Gasteiger partial charge on any atom is 0.184 e. The molecule has 0 saturated carbocycles. The normalized spacial score (nSPS) is 11.1. The summed E-state index contributed by atoms with van der Waals surface area (Å²) in [6, 6.07) is 5.65. The summed E-state index contributed by atoms with van der Waals surface area (Å²) in [5.41, 5.74) is 2.85. The highest BCUT2D eigenvalue weighted by molar-refractivity contribution is 5.93. The van der Waals surface area contributed by atoms with Gasteiger partial charge in [0.2, 0.25) is 0 Å². The van der Waals surface area contributed by atoms with Crippen molar-refractivity contribution in [3.8, 4) is 0 Å².